The molecule has 8 heteroatoms. The van der Waals surface area contributed by atoms with Gasteiger partial charge in [0.05, 0.1) is 24.4 Å². The van der Waals surface area contributed by atoms with Crippen molar-refractivity contribution in [2.45, 2.75) is 25.9 Å². The Balaban J connectivity index is 1.96. The number of benzene rings is 1. The maximum atomic E-state index is 12.5. The molecule has 2 N–H and O–H groups in total. The quantitative estimate of drug-likeness (QED) is 0.649. The summed E-state index contributed by atoms with van der Waals surface area (Å²) in [4.78, 5) is 29.1. The van der Waals surface area contributed by atoms with Crippen LogP contribution >= 0.6 is 23.1 Å². The van der Waals surface area contributed by atoms with Crippen LogP contribution < -0.4 is 15.4 Å². The summed E-state index contributed by atoms with van der Waals surface area (Å²) >= 11 is 3.12. The zero-order valence-electron chi connectivity index (χ0n) is 14.9. The lowest BCUT2D eigenvalue weighted by Crippen LogP contribution is -2.46. The average Bonchev–Trinajstić information content (AvgIpc) is 3.17. The van der Waals surface area contributed by atoms with Crippen molar-refractivity contribution in [3.05, 3.63) is 46.4 Å². The molecule has 2 aromatic rings. The fourth-order valence-corrected chi connectivity index (χ4v) is 3.27. The topological polar surface area (TPSA) is 80.3 Å². The van der Waals surface area contributed by atoms with Crippen molar-refractivity contribution in [2.75, 3.05) is 18.6 Å². The number of carbonyl (C=O) groups is 2. The monoisotopic (exact) mass is 393 g/mol. The van der Waals surface area contributed by atoms with Crippen LogP contribution in [0.4, 0.5) is 0 Å². The van der Waals surface area contributed by atoms with Gasteiger partial charge in [-0.25, -0.2) is 4.98 Å². The molecule has 1 atom stereocenters. The molecule has 2 rings (SSSR count). The highest BCUT2D eigenvalue weighted by molar-refractivity contribution is 7.98. The van der Waals surface area contributed by atoms with Crippen molar-refractivity contribution in [1.82, 2.24) is 15.6 Å². The number of thioether (sulfide) groups is 1. The molecule has 1 aromatic carbocycles. The van der Waals surface area contributed by atoms with Crippen LogP contribution in [-0.2, 0) is 11.3 Å². The number of aromatic nitrogens is 1. The third-order valence-electron chi connectivity index (χ3n) is 3.59. The van der Waals surface area contributed by atoms with Gasteiger partial charge in [-0.1, -0.05) is 0 Å². The number of nitrogens with zero attached hydrogens (tertiary/aromatic N) is 1. The molecule has 1 aromatic heterocycles. The van der Waals surface area contributed by atoms with E-state index in [-0.39, 0.29) is 11.8 Å². The Morgan fingerprint density at radius 3 is 2.69 bits per heavy atom. The van der Waals surface area contributed by atoms with Crippen LogP contribution in [0.15, 0.2) is 35.2 Å². The lowest BCUT2D eigenvalue weighted by molar-refractivity contribution is -0.123. The Labute approximate surface area is 161 Å². The van der Waals surface area contributed by atoms with E-state index in [1.54, 1.807) is 41.5 Å². The van der Waals surface area contributed by atoms with E-state index in [0.29, 0.717) is 30.9 Å². The number of hydrogen-bond acceptors (Lipinski definition) is 6. The van der Waals surface area contributed by atoms with Crippen LogP contribution in [0.2, 0.25) is 0 Å². The van der Waals surface area contributed by atoms with Crippen LogP contribution in [0.5, 0.6) is 5.75 Å². The normalized spacial score (nSPS) is 11.6. The van der Waals surface area contributed by atoms with E-state index in [0.717, 1.165) is 11.4 Å². The molecule has 2 amide bonds. The third-order valence-corrected chi connectivity index (χ3v) is 4.87. The number of hydrogen-bond donors (Lipinski definition) is 2. The Hall–Kier alpha value is -2.06. The molecule has 0 aliphatic rings. The number of carbonyl (C=O) groups excluding carboxylic acids is 2. The van der Waals surface area contributed by atoms with Gasteiger partial charge in [0.2, 0.25) is 5.91 Å². The van der Waals surface area contributed by atoms with E-state index in [9.17, 15) is 9.59 Å². The predicted octanol–water partition coefficient (Wildman–Crippen LogP) is 2.71. The Bertz CT molecular complexity index is 690. The highest BCUT2D eigenvalue weighted by Crippen LogP contribution is 2.12. The largest absolute Gasteiger partial charge is 0.494 e. The molecule has 0 radical (unpaired) electrons. The van der Waals surface area contributed by atoms with Crippen LogP contribution in [-0.4, -0.2) is 41.5 Å². The Kier molecular flexibility index (Phi) is 8.43. The first-order chi connectivity index (χ1) is 12.6. The van der Waals surface area contributed by atoms with E-state index < -0.39 is 6.04 Å². The van der Waals surface area contributed by atoms with Gasteiger partial charge >= 0.3 is 0 Å². The number of nitrogens with one attached hydrogen (secondary N) is 2. The van der Waals surface area contributed by atoms with Crippen LogP contribution in [0.1, 0.15) is 29.4 Å². The highest BCUT2D eigenvalue weighted by atomic mass is 32.2. The van der Waals surface area contributed by atoms with Crippen molar-refractivity contribution in [2.24, 2.45) is 0 Å². The lowest BCUT2D eigenvalue weighted by Gasteiger charge is -2.18. The molecular weight excluding hydrogens is 370 g/mol. The van der Waals surface area contributed by atoms with Gasteiger partial charge in [0.1, 0.15) is 11.8 Å². The fourth-order valence-electron chi connectivity index (χ4n) is 2.24. The molecular formula is C18H23N3O3S2. The minimum atomic E-state index is -0.583. The molecule has 0 aliphatic heterocycles. The summed E-state index contributed by atoms with van der Waals surface area (Å²) in [5.74, 6) is 1.01. The predicted molar refractivity (Wildman–Crippen MR) is 106 cm³/mol. The van der Waals surface area contributed by atoms with Gasteiger partial charge in [-0.2, -0.15) is 11.8 Å². The van der Waals surface area contributed by atoms with Gasteiger partial charge in [-0.15, -0.1) is 11.3 Å². The van der Waals surface area contributed by atoms with Crippen LogP contribution in [0, 0.1) is 0 Å². The number of thiazole rings is 1. The second-order valence-corrected chi connectivity index (χ2v) is 7.17. The molecule has 1 heterocycles. The maximum Gasteiger partial charge on any atom is 0.251 e. The van der Waals surface area contributed by atoms with E-state index in [4.69, 9.17) is 4.74 Å². The summed E-state index contributed by atoms with van der Waals surface area (Å²) in [6, 6.07) is 6.30. The third kappa shape index (κ3) is 6.34. The van der Waals surface area contributed by atoms with Gasteiger partial charge < -0.3 is 15.4 Å². The second-order valence-electron chi connectivity index (χ2n) is 5.46. The van der Waals surface area contributed by atoms with Gasteiger partial charge in [0, 0.05) is 10.9 Å². The van der Waals surface area contributed by atoms with Crippen molar-refractivity contribution < 1.29 is 14.3 Å². The Morgan fingerprint density at radius 2 is 2.08 bits per heavy atom. The Morgan fingerprint density at radius 1 is 1.31 bits per heavy atom. The van der Waals surface area contributed by atoms with Gasteiger partial charge in [0.25, 0.3) is 5.91 Å². The summed E-state index contributed by atoms with van der Waals surface area (Å²) in [5.41, 5.74) is 3.03. The summed E-state index contributed by atoms with van der Waals surface area (Å²) in [6.07, 6.45) is 2.53. The molecule has 0 saturated carbocycles. The second kappa shape index (κ2) is 10.8. The van der Waals surface area contributed by atoms with Gasteiger partial charge in [0.15, 0.2) is 0 Å². The molecule has 0 aliphatic carbocycles. The lowest BCUT2D eigenvalue weighted by atomic mass is 10.1. The first-order valence-electron chi connectivity index (χ1n) is 8.31. The van der Waals surface area contributed by atoms with E-state index in [2.05, 4.69) is 15.6 Å². The van der Waals surface area contributed by atoms with E-state index >= 15 is 0 Å². The zero-order chi connectivity index (χ0) is 18.8. The van der Waals surface area contributed by atoms with E-state index in [1.165, 1.54) is 11.3 Å². The molecule has 0 bridgehead atoms. The summed E-state index contributed by atoms with van der Waals surface area (Å²) in [6.45, 7) is 2.83. The highest BCUT2D eigenvalue weighted by Gasteiger charge is 2.21. The minimum Gasteiger partial charge on any atom is -0.494 e. The van der Waals surface area contributed by atoms with Gasteiger partial charge in [-0.3, -0.25) is 9.59 Å². The standard InChI is InChI=1S/C18H23N3O3S2/c1-3-24-15-6-4-13(5-7-15)17(22)21-16(8-9-25-2)18(23)19-10-14-11-26-12-20-14/h4-7,11-12,16H,3,8-10H2,1-2H3,(H,19,23)(H,21,22). The molecule has 0 saturated heterocycles. The smallest absolute Gasteiger partial charge is 0.251 e. The zero-order valence-corrected chi connectivity index (χ0v) is 16.5. The maximum absolute atomic E-state index is 12.5. The van der Waals surface area contributed by atoms with Crippen LogP contribution in [0.3, 0.4) is 0 Å². The number of amides is 2. The molecule has 6 nitrogen and oxygen atoms in total. The summed E-state index contributed by atoms with van der Waals surface area (Å²) in [7, 11) is 0. The summed E-state index contributed by atoms with van der Waals surface area (Å²) < 4.78 is 5.38. The molecule has 1 unspecified atom stereocenters. The molecule has 0 spiro atoms. The van der Waals surface area contributed by atoms with Crippen LogP contribution in [0.25, 0.3) is 0 Å². The van der Waals surface area contributed by atoms with Crippen molar-refractivity contribution in [3.8, 4) is 5.75 Å². The van der Waals surface area contributed by atoms with Crippen molar-refractivity contribution in [1.29, 1.82) is 0 Å². The van der Waals surface area contributed by atoms with Crippen molar-refractivity contribution in [3.63, 3.8) is 0 Å². The SMILES string of the molecule is CCOc1ccc(C(=O)NC(CCSC)C(=O)NCc2cscn2)cc1. The summed E-state index contributed by atoms with van der Waals surface area (Å²) in [5, 5.41) is 7.55. The fraction of sp³-hybridized carbons (Fsp3) is 0.389. The van der Waals surface area contributed by atoms with Crippen molar-refractivity contribution >= 4 is 34.9 Å². The average molecular weight is 394 g/mol. The molecule has 140 valence electrons. The number of ether oxygens (including phenoxy) is 1. The van der Waals surface area contributed by atoms with Gasteiger partial charge in [-0.05, 0) is 49.6 Å². The number of rotatable bonds is 10. The molecule has 0 fully saturated rings. The van der Waals surface area contributed by atoms with E-state index in [1.807, 2.05) is 18.6 Å². The first-order valence-corrected chi connectivity index (χ1v) is 10.6. The molecule has 26 heavy (non-hydrogen) atoms. The minimum absolute atomic E-state index is 0.202. The first kappa shape index (κ1) is 20.3.